The molecule has 1 aliphatic carbocycles. The normalized spacial score (nSPS) is 25.8. The highest BCUT2D eigenvalue weighted by atomic mass is 31.1. The van der Waals surface area contributed by atoms with Crippen LogP contribution in [0.3, 0.4) is 0 Å². The molecule has 0 spiro atoms. The Kier molecular flexibility index (Phi) is 0.911. The van der Waals surface area contributed by atoms with Crippen LogP contribution in [0.25, 0.3) is 0 Å². The third-order valence-electron chi connectivity index (χ3n) is 0.912. The lowest BCUT2D eigenvalue weighted by molar-refractivity contribution is 1.50. The molecule has 0 nitrogen and oxygen atoms in total. The highest BCUT2D eigenvalue weighted by molar-refractivity contribution is 7.38. The zero-order chi connectivity index (χ0) is 3.70. The number of rotatable bonds is 1. The summed E-state index contributed by atoms with van der Waals surface area (Å²) in [5, 5.41) is 0. The summed E-state index contributed by atoms with van der Waals surface area (Å²) in [6.45, 7) is 2.23. The van der Waals surface area contributed by atoms with Gasteiger partial charge in [-0.2, -0.15) is 0 Å². The summed E-state index contributed by atoms with van der Waals surface area (Å²) in [7, 11) is 1.61. The van der Waals surface area contributed by atoms with Gasteiger partial charge in [0.15, 0.2) is 0 Å². The monoisotopic (exact) mass is 87.0 g/mol. The molecule has 1 heteroatoms. The second-order valence-corrected chi connectivity index (χ2v) is 2.74. The van der Waals surface area contributed by atoms with E-state index >= 15 is 0 Å². The third kappa shape index (κ3) is 0.887. The summed E-state index contributed by atoms with van der Waals surface area (Å²) in [6, 6.07) is 0. The standard InChI is InChI=1S/C4H8P/c1-5-4-2-3-4/h4H,2-3H2,1H3. The second-order valence-electron chi connectivity index (χ2n) is 1.49. The maximum atomic E-state index is 2.23. The predicted molar refractivity (Wildman–Crippen MR) is 25.9 cm³/mol. The molecule has 0 saturated heterocycles. The van der Waals surface area contributed by atoms with Gasteiger partial charge in [-0.1, -0.05) is 8.58 Å². The van der Waals surface area contributed by atoms with Crippen molar-refractivity contribution in [1.82, 2.24) is 0 Å². The van der Waals surface area contributed by atoms with Crippen LogP contribution in [0.1, 0.15) is 12.8 Å². The fraction of sp³-hybridized carbons (Fsp3) is 1.00. The van der Waals surface area contributed by atoms with Crippen molar-refractivity contribution in [2.45, 2.75) is 18.5 Å². The van der Waals surface area contributed by atoms with Gasteiger partial charge >= 0.3 is 0 Å². The average Bonchev–Trinajstić information content (AvgIpc) is 2.12. The molecule has 1 rings (SSSR count). The highest BCUT2D eigenvalue weighted by Crippen LogP contribution is 2.36. The zero-order valence-corrected chi connectivity index (χ0v) is 4.33. The molecule has 0 aromatic heterocycles. The summed E-state index contributed by atoms with van der Waals surface area (Å²) in [5.41, 5.74) is 1.11. The molecule has 0 aliphatic heterocycles. The lowest BCUT2D eigenvalue weighted by Crippen LogP contribution is -1.55. The minimum absolute atomic E-state index is 1.11. The van der Waals surface area contributed by atoms with Gasteiger partial charge < -0.3 is 0 Å². The Hall–Kier alpha value is 0.430. The zero-order valence-electron chi connectivity index (χ0n) is 3.44. The van der Waals surface area contributed by atoms with Gasteiger partial charge in [-0.25, -0.2) is 0 Å². The first-order valence-corrected chi connectivity index (χ1v) is 3.43. The molecule has 0 atom stereocenters. The van der Waals surface area contributed by atoms with Crippen LogP contribution in [0, 0.1) is 0 Å². The third-order valence-corrected chi connectivity index (χ3v) is 2.16. The highest BCUT2D eigenvalue weighted by Gasteiger charge is 2.18. The van der Waals surface area contributed by atoms with E-state index in [-0.39, 0.29) is 0 Å². The molecule has 0 unspecified atom stereocenters. The van der Waals surface area contributed by atoms with E-state index in [1.807, 2.05) is 0 Å². The summed E-state index contributed by atoms with van der Waals surface area (Å²) in [4.78, 5) is 0. The van der Waals surface area contributed by atoms with Crippen LogP contribution in [0.2, 0.25) is 0 Å². The first-order valence-electron chi connectivity index (χ1n) is 2.02. The lowest BCUT2D eigenvalue weighted by Gasteiger charge is -1.72. The second kappa shape index (κ2) is 1.26. The minimum Gasteiger partial charge on any atom is -0.0810 e. The van der Waals surface area contributed by atoms with Crippen molar-refractivity contribution in [1.29, 1.82) is 0 Å². The maximum absolute atomic E-state index is 2.23. The van der Waals surface area contributed by atoms with Crippen LogP contribution in [-0.2, 0) is 0 Å². The Morgan fingerprint density at radius 3 is 2.20 bits per heavy atom. The van der Waals surface area contributed by atoms with Crippen molar-refractivity contribution in [2.24, 2.45) is 0 Å². The maximum Gasteiger partial charge on any atom is -0.0172 e. The molecular formula is C4H8P. The Bertz CT molecular complexity index is 30.6. The van der Waals surface area contributed by atoms with Crippen molar-refractivity contribution in [2.75, 3.05) is 6.66 Å². The van der Waals surface area contributed by atoms with E-state index in [9.17, 15) is 0 Å². The molecule has 1 radical (unpaired) electrons. The van der Waals surface area contributed by atoms with E-state index < -0.39 is 0 Å². The Morgan fingerprint density at radius 2 is 2.20 bits per heavy atom. The van der Waals surface area contributed by atoms with E-state index in [1.165, 1.54) is 12.8 Å². The van der Waals surface area contributed by atoms with Gasteiger partial charge in [0.05, 0.1) is 0 Å². The topological polar surface area (TPSA) is 0 Å². The van der Waals surface area contributed by atoms with Gasteiger partial charge in [0.25, 0.3) is 0 Å². The fourth-order valence-corrected chi connectivity index (χ4v) is 0.998. The number of hydrogen-bond donors (Lipinski definition) is 0. The molecule has 0 heterocycles. The van der Waals surface area contributed by atoms with Crippen LogP contribution >= 0.6 is 8.58 Å². The molecule has 0 aromatic carbocycles. The molecule has 29 valence electrons. The molecular weight excluding hydrogens is 79.0 g/mol. The Balaban J connectivity index is 2.00. The molecule has 1 fully saturated rings. The fourth-order valence-electron chi connectivity index (χ4n) is 0.333. The smallest absolute Gasteiger partial charge is 0.0172 e. The number of hydrogen-bond acceptors (Lipinski definition) is 0. The summed E-state index contributed by atoms with van der Waals surface area (Å²) in [5.74, 6) is 0. The van der Waals surface area contributed by atoms with Crippen LogP contribution in [0.4, 0.5) is 0 Å². The van der Waals surface area contributed by atoms with Crippen molar-refractivity contribution < 1.29 is 0 Å². The van der Waals surface area contributed by atoms with Gasteiger partial charge in [0.2, 0.25) is 0 Å². The first kappa shape index (κ1) is 3.61. The molecule has 0 N–H and O–H groups in total. The average molecular weight is 87.1 g/mol. The van der Waals surface area contributed by atoms with Crippen LogP contribution < -0.4 is 0 Å². The molecule has 5 heavy (non-hydrogen) atoms. The molecule has 0 amide bonds. The van der Waals surface area contributed by atoms with E-state index in [0.717, 1.165) is 5.66 Å². The first-order chi connectivity index (χ1) is 2.43. The molecule has 0 bridgehead atoms. The minimum atomic E-state index is 1.11. The summed E-state index contributed by atoms with van der Waals surface area (Å²) < 4.78 is 0. The van der Waals surface area contributed by atoms with E-state index in [0.29, 0.717) is 0 Å². The van der Waals surface area contributed by atoms with Gasteiger partial charge in [-0.3, -0.25) is 0 Å². The van der Waals surface area contributed by atoms with Crippen molar-refractivity contribution in [3.8, 4) is 0 Å². The Labute approximate surface area is 34.7 Å². The van der Waals surface area contributed by atoms with Crippen molar-refractivity contribution in [3.63, 3.8) is 0 Å². The van der Waals surface area contributed by atoms with Gasteiger partial charge in [-0.15, -0.1) is 0 Å². The Morgan fingerprint density at radius 1 is 1.60 bits per heavy atom. The lowest BCUT2D eigenvalue weighted by atomic mass is 11.0. The summed E-state index contributed by atoms with van der Waals surface area (Å²) in [6.07, 6.45) is 3.00. The quantitative estimate of drug-likeness (QED) is 0.427. The van der Waals surface area contributed by atoms with Crippen molar-refractivity contribution in [3.05, 3.63) is 0 Å². The molecule has 1 aliphatic rings. The largest absolute Gasteiger partial charge is 0.0810 e. The van der Waals surface area contributed by atoms with E-state index in [4.69, 9.17) is 0 Å². The van der Waals surface area contributed by atoms with E-state index in [1.54, 1.807) is 8.58 Å². The summed E-state index contributed by atoms with van der Waals surface area (Å²) >= 11 is 0. The molecule has 1 saturated carbocycles. The van der Waals surface area contributed by atoms with Crippen LogP contribution in [0.5, 0.6) is 0 Å². The SMILES string of the molecule is C[P]C1CC1. The predicted octanol–water partition coefficient (Wildman–Crippen LogP) is 1.72. The van der Waals surface area contributed by atoms with Gasteiger partial charge in [0.1, 0.15) is 0 Å². The van der Waals surface area contributed by atoms with E-state index in [2.05, 4.69) is 6.66 Å². The van der Waals surface area contributed by atoms with Crippen molar-refractivity contribution >= 4 is 8.58 Å². The molecule has 0 aromatic rings. The van der Waals surface area contributed by atoms with Crippen LogP contribution in [0.15, 0.2) is 0 Å². The van der Waals surface area contributed by atoms with Gasteiger partial charge in [0, 0.05) is 0 Å². The van der Waals surface area contributed by atoms with Gasteiger partial charge in [-0.05, 0) is 25.2 Å². The van der Waals surface area contributed by atoms with Crippen LogP contribution in [-0.4, -0.2) is 12.3 Å².